The summed E-state index contributed by atoms with van der Waals surface area (Å²) in [5.74, 6) is 0.199. The molecule has 1 aliphatic carbocycles. The van der Waals surface area contributed by atoms with Crippen LogP contribution in [0.2, 0.25) is 4.68 Å². The van der Waals surface area contributed by atoms with Crippen molar-refractivity contribution >= 4 is 0 Å². The average Bonchev–Trinajstić information content (AvgIpc) is 3.21. The van der Waals surface area contributed by atoms with E-state index in [1.807, 2.05) is 24.3 Å². The third-order valence-corrected chi connectivity index (χ3v) is 7.41. The topological polar surface area (TPSA) is 46.1 Å². The molecule has 2 nitrogen and oxygen atoms in total. The molecule has 27 heavy (non-hydrogen) atoms. The maximum absolute atomic E-state index is 11.0. The zero-order valence-corrected chi connectivity index (χ0v) is 19.5. The third-order valence-electron chi connectivity index (χ3n) is 3.77. The Labute approximate surface area is 174 Å². The zero-order chi connectivity index (χ0) is 19.9. The number of benzene rings is 2. The minimum atomic E-state index is -0.221. The van der Waals surface area contributed by atoms with Gasteiger partial charge in [-0.15, -0.1) is 24.7 Å². The molecule has 138 valence electrons. The van der Waals surface area contributed by atoms with Gasteiger partial charge < -0.3 is 10.2 Å². The van der Waals surface area contributed by atoms with Crippen LogP contribution in [0.5, 0.6) is 11.5 Å². The first-order valence-electron chi connectivity index (χ1n) is 8.87. The molecule has 3 heteroatoms. The monoisotopic (exact) mass is 526 g/mol. The first kappa shape index (κ1) is 22.9. The molecular weight excluding hydrogens is 499 g/mol. The van der Waals surface area contributed by atoms with E-state index >= 15 is 0 Å². The van der Waals surface area contributed by atoms with E-state index < -0.39 is 0 Å². The van der Waals surface area contributed by atoms with Crippen LogP contribution >= 0.6 is 0 Å². The van der Waals surface area contributed by atoms with Gasteiger partial charge in [0.1, 0.15) is 0 Å². The van der Waals surface area contributed by atoms with E-state index in [0.717, 1.165) is 11.1 Å². The summed E-state index contributed by atoms with van der Waals surface area (Å²) in [6.45, 7) is 7.12. The SMILES string of the molecule is C=CCc1ccccc1[O-].C=CCc1ccccc1[O-].[CH3][Hf+2][C]1=CC=CC1. The number of allylic oxidation sites excluding steroid dienone is 6. The fourth-order valence-electron chi connectivity index (χ4n) is 2.29. The molecule has 3 rings (SSSR count). The second-order valence-corrected chi connectivity index (χ2v) is 9.88. The van der Waals surface area contributed by atoms with Crippen LogP contribution in [0.4, 0.5) is 0 Å². The molecule has 0 fully saturated rings. The summed E-state index contributed by atoms with van der Waals surface area (Å²) in [5, 5.41) is 21.9. The standard InChI is InChI=1S/2C9H10O.C5H5.CH3.Hf/c2*1-2-5-8-6-3-4-7-9(8)10;1-2-4-5-3-1;;/h2*2-4,6-7,10H,1,5H2;1-3H,4H2;1H3;/q;;;;+2/p-2. The van der Waals surface area contributed by atoms with Crippen molar-refractivity contribution in [1.29, 1.82) is 0 Å². The molecule has 0 aliphatic heterocycles. The van der Waals surface area contributed by atoms with E-state index in [1.54, 1.807) is 39.7 Å². The molecule has 0 N–H and O–H groups in total. The van der Waals surface area contributed by atoms with Crippen molar-refractivity contribution in [2.24, 2.45) is 0 Å². The molecule has 0 amide bonds. The molecule has 0 radical (unpaired) electrons. The first-order valence-corrected chi connectivity index (χ1v) is 14.3. The fourth-order valence-corrected chi connectivity index (χ4v) is 4.39. The molecule has 0 unspecified atom stereocenters. The third kappa shape index (κ3) is 9.39. The van der Waals surface area contributed by atoms with Crippen molar-refractivity contribution in [2.45, 2.75) is 23.9 Å². The van der Waals surface area contributed by atoms with Crippen LogP contribution in [0.1, 0.15) is 17.5 Å². The molecule has 0 saturated heterocycles. The van der Waals surface area contributed by atoms with E-state index in [4.69, 9.17) is 0 Å². The van der Waals surface area contributed by atoms with Crippen LogP contribution in [-0.2, 0) is 35.7 Å². The Morgan fingerprint density at radius 2 is 1.37 bits per heavy atom. The van der Waals surface area contributed by atoms with Gasteiger partial charge in [0.05, 0.1) is 0 Å². The number of para-hydroxylation sites is 2. The minimum absolute atomic E-state index is 0.0994. The molecule has 2 aromatic rings. The Kier molecular flexibility index (Phi) is 11.9. The predicted molar refractivity (Wildman–Crippen MR) is 107 cm³/mol. The van der Waals surface area contributed by atoms with Crippen LogP contribution in [0.25, 0.3) is 0 Å². The number of hydrogen-bond acceptors (Lipinski definition) is 2. The Bertz CT molecular complexity index is 724. The van der Waals surface area contributed by atoms with Gasteiger partial charge in [-0.25, -0.2) is 0 Å². The molecule has 0 atom stereocenters. The summed E-state index contributed by atoms with van der Waals surface area (Å²) < 4.78 is 4.14. The predicted octanol–water partition coefficient (Wildman–Crippen LogP) is 4.94. The van der Waals surface area contributed by atoms with Crippen molar-refractivity contribution in [3.63, 3.8) is 0 Å². The van der Waals surface area contributed by atoms with E-state index in [9.17, 15) is 10.2 Å². The Balaban J connectivity index is 0.000000206. The molecule has 0 bridgehead atoms. The summed E-state index contributed by atoms with van der Waals surface area (Å²) >= 11 is -0.221. The van der Waals surface area contributed by atoms with Crippen molar-refractivity contribution in [2.75, 3.05) is 0 Å². The second-order valence-electron chi connectivity index (χ2n) is 5.78. The number of hydrogen-bond donors (Lipinski definition) is 0. The Hall–Kier alpha value is -2.13. The zero-order valence-electron chi connectivity index (χ0n) is 15.9. The summed E-state index contributed by atoms with van der Waals surface area (Å²) in [6, 6.07) is 14.0. The fraction of sp³-hybridized carbons (Fsp3) is 0.167. The summed E-state index contributed by atoms with van der Waals surface area (Å²) in [7, 11) is 0. The molecule has 0 heterocycles. The van der Waals surface area contributed by atoms with E-state index in [1.165, 1.54) is 6.42 Å². The van der Waals surface area contributed by atoms with Crippen molar-refractivity contribution in [1.82, 2.24) is 0 Å². The maximum atomic E-state index is 11.0. The first-order chi connectivity index (χ1) is 13.1. The van der Waals surface area contributed by atoms with Crippen molar-refractivity contribution < 1.29 is 33.1 Å². The van der Waals surface area contributed by atoms with E-state index in [-0.39, 0.29) is 34.4 Å². The van der Waals surface area contributed by atoms with Gasteiger partial charge in [0.2, 0.25) is 0 Å². The van der Waals surface area contributed by atoms with Gasteiger partial charge in [-0.05, 0) is 12.8 Å². The van der Waals surface area contributed by atoms with Crippen LogP contribution in [0.15, 0.2) is 95.4 Å². The summed E-state index contributed by atoms with van der Waals surface area (Å²) in [6.07, 6.45) is 12.8. The van der Waals surface area contributed by atoms with Gasteiger partial charge >= 0.3 is 55.6 Å². The quantitative estimate of drug-likeness (QED) is 0.411. The molecule has 1 aliphatic rings. The molecule has 0 aromatic heterocycles. The van der Waals surface area contributed by atoms with Gasteiger partial charge in [0.25, 0.3) is 0 Å². The summed E-state index contributed by atoms with van der Waals surface area (Å²) in [4.78, 5) is 0. The Morgan fingerprint density at radius 3 is 1.67 bits per heavy atom. The second kappa shape index (κ2) is 14.0. The average molecular weight is 525 g/mol. The molecular formula is C24H26HfO2. The van der Waals surface area contributed by atoms with Gasteiger partial charge in [0.15, 0.2) is 0 Å². The van der Waals surface area contributed by atoms with Crippen molar-refractivity contribution in [3.05, 3.63) is 107 Å². The van der Waals surface area contributed by atoms with Crippen LogP contribution in [0.3, 0.4) is 0 Å². The normalized spacial score (nSPS) is 11.1. The van der Waals surface area contributed by atoms with Crippen LogP contribution in [-0.4, -0.2) is 0 Å². The van der Waals surface area contributed by atoms with Gasteiger partial charge in [-0.3, -0.25) is 0 Å². The van der Waals surface area contributed by atoms with Gasteiger partial charge in [-0.1, -0.05) is 71.8 Å². The Morgan fingerprint density at radius 1 is 0.889 bits per heavy atom. The van der Waals surface area contributed by atoms with Gasteiger partial charge in [-0.2, -0.15) is 0 Å². The van der Waals surface area contributed by atoms with Crippen LogP contribution < -0.4 is 10.2 Å². The van der Waals surface area contributed by atoms with Crippen LogP contribution in [0, 0.1) is 0 Å². The molecule has 0 spiro atoms. The van der Waals surface area contributed by atoms with Crippen molar-refractivity contribution in [3.8, 4) is 11.5 Å². The van der Waals surface area contributed by atoms with E-state index in [2.05, 4.69) is 36.1 Å². The number of rotatable bonds is 5. The molecule has 0 saturated carbocycles. The van der Waals surface area contributed by atoms with Gasteiger partial charge in [0, 0.05) is 0 Å². The summed E-state index contributed by atoms with van der Waals surface area (Å²) in [5.41, 5.74) is 1.63. The molecule has 2 aromatic carbocycles. The van der Waals surface area contributed by atoms with E-state index in [0.29, 0.717) is 12.8 Å².